The lowest BCUT2D eigenvalue weighted by atomic mass is 10.0. The molecule has 37 heavy (non-hydrogen) atoms. The first-order chi connectivity index (χ1) is 17.8. The molecule has 9 heteroatoms. The number of aliphatic hydroxyl groups excluding tert-OH is 1. The summed E-state index contributed by atoms with van der Waals surface area (Å²) >= 11 is 0. The quantitative estimate of drug-likeness (QED) is 0.263. The summed E-state index contributed by atoms with van der Waals surface area (Å²) in [6.07, 6.45) is 4.53. The third-order valence-electron chi connectivity index (χ3n) is 5.91. The van der Waals surface area contributed by atoms with Gasteiger partial charge in [0.25, 0.3) is 11.8 Å². The number of fused-ring (bicyclic) bond motifs is 1. The zero-order valence-corrected chi connectivity index (χ0v) is 20.4. The molecule has 190 valence electrons. The maximum absolute atomic E-state index is 13.7. The molecule has 4 rings (SSSR count). The summed E-state index contributed by atoms with van der Waals surface area (Å²) in [5.41, 5.74) is 4.50. The van der Waals surface area contributed by atoms with Gasteiger partial charge >= 0.3 is 0 Å². The van der Waals surface area contributed by atoms with Gasteiger partial charge < -0.3 is 25.5 Å². The van der Waals surface area contributed by atoms with E-state index < -0.39 is 12.4 Å². The topological polar surface area (TPSA) is 121 Å². The number of aryl methyl sites for hydroxylation is 1. The molecule has 0 aliphatic carbocycles. The Labute approximate surface area is 212 Å². The minimum absolute atomic E-state index is 0.242. The molecular weight excluding hydrogens is 477 g/mol. The van der Waals surface area contributed by atoms with Gasteiger partial charge in [-0.05, 0) is 67.5 Å². The lowest BCUT2D eigenvalue weighted by Gasteiger charge is -2.09. The summed E-state index contributed by atoms with van der Waals surface area (Å²) in [6, 6.07) is 11.1. The summed E-state index contributed by atoms with van der Waals surface area (Å²) in [5, 5.41) is 14.3. The van der Waals surface area contributed by atoms with E-state index in [9.17, 15) is 18.8 Å². The Morgan fingerprint density at radius 1 is 1.14 bits per heavy atom. The minimum Gasteiger partial charge on any atom is -0.492 e. The molecule has 2 aromatic carbocycles. The molecule has 0 bridgehead atoms. The Hall–Kier alpha value is -4.50. The summed E-state index contributed by atoms with van der Waals surface area (Å²) in [7, 11) is 0. The van der Waals surface area contributed by atoms with Crippen LogP contribution in [0.5, 0.6) is 5.75 Å². The van der Waals surface area contributed by atoms with Gasteiger partial charge in [0.15, 0.2) is 5.78 Å². The van der Waals surface area contributed by atoms with Crippen molar-refractivity contribution in [1.29, 1.82) is 0 Å². The standard InChI is InChI=1S/C28H26FN3O5/c1-16-25(14-23-22-13-19(29)6-10-24(22)32-27(23)35)31-17(2)26(16)28(36)30-11-12-37-21-8-4-18(5-9-21)3-7-20(34)15-33/h3-10,13-14,31,33H,11-12,15H2,1-2H3,(H,30,36)(H,32,35)/b7-3+,23-14-. The normalized spacial score (nSPS) is 13.6. The van der Waals surface area contributed by atoms with Crippen LogP contribution < -0.4 is 15.4 Å². The van der Waals surface area contributed by atoms with Crippen molar-refractivity contribution in [2.24, 2.45) is 0 Å². The van der Waals surface area contributed by atoms with E-state index >= 15 is 0 Å². The van der Waals surface area contributed by atoms with Crippen molar-refractivity contribution in [3.8, 4) is 5.75 Å². The first-order valence-corrected chi connectivity index (χ1v) is 11.6. The zero-order valence-electron chi connectivity index (χ0n) is 20.4. The summed E-state index contributed by atoms with van der Waals surface area (Å²) in [5.74, 6) is -0.828. The number of nitrogens with one attached hydrogen (secondary N) is 3. The zero-order chi connectivity index (χ0) is 26.5. The molecule has 2 heterocycles. The van der Waals surface area contributed by atoms with Crippen molar-refractivity contribution < 1.29 is 28.6 Å². The number of anilines is 1. The van der Waals surface area contributed by atoms with E-state index in [0.29, 0.717) is 45.1 Å². The van der Waals surface area contributed by atoms with Crippen molar-refractivity contribution in [2.45, 2.75) is 13.8 Å². The Morgan fingerprint density at radius 2 is 1.89 bits per heavy atom. The number of aliphatic hydroxyl groups is 1. The van der Waals surface area contributed by atoms with Crippen molar-refractivity contribution in [3.63, 3.8) is 0 Å². The molecular formula is C28H26FN3O5. The molecule has 0 fully saturated rings. The van der Waals surface area contributed by atoms with Crippen LogP contribution in [-0.4, -0.2) is 47.4 Å². The number of rotatable bonds is 9. The molecule has 0 saturated carbocycles. The van der Waals surface area contributed by atoms with E-state index in [-0.39, 0.29) is 30.7 Å². The largest absolute Gasteiger partial charge is 0.492 e. The fourth-order valence-electron chi connectivity index (χ4n) is 4.05. The van der Waals surface area contributed by atoms with Crippen LogP contribution in [-0.2, 0) is 9.59 Å². The number of amides is 2. The SMILES string of the molecule is Cc1[nH]c(/C=C2\C(=O)Nc3ccc(F)cc32)c(C)c1C(=O)NCCOc1ccc(/C=C/C(=O)CO)cc1. The molecule has 4 N–H and O–H groups in total. The number of ether oxygens (including phenoxy) is 1. The second kappa shape index (κ2) is 11.0. The van der Waals surface area contributed by atoms with Crippen molar-refractivity contribution in [1.82, 2.24) is 10.3 Å². The Kier molecular flexibility index (Phi) is 7.64. The van der Waals surface area contributed by atoms with Crippen LogP contribution in [0.3, 0.4) is 0 Å². The minimum atomic E-state index is -0.531. The van der Waals surface area contributed by atoms with Gasteiger partial charge in [-0.1, -0.05) is 18.2 Å². The van der Waals surface area contributed by atoms with Gasteiger partial charge in [0.2, 0.25) is 0 Å². The number of aromatic amines is 1. The highest BCUT2D eigenvalue weighted by Gasteiger charge is 2.26. The molecule has 0 saturated heterocycles. The highest BCUT2D eigenvalue weighted by Crippen LogP contribution is 2.34. The molecule has 1 aromatic heterocycles. The maximum Gasteiger partial charge on any atom is 0.256 e. The molecule has 1 aliphatic rings. The van der Waals surface area contributed by atoms with Crippen LogP contribution in [0.1, 0.15) is 38.4 Å². The lowest BCUT2D eigenvalue weighted by molar-refractivity contribution is -0.117. The van der Waals surface area contributed by atoms with Gasteiger partial charge in [0.05, 0.1) is 17.7 Å². The van der Waals surface area contributed by atoms with Crippen LogP contribution in [0.25, 0.3) is 17.7 Å². The highest BCUT2D eigenvalue weighted by atomic mass is 19.1. The van der Waals surface area contributed by atoms with E-state index in [0.717, 1.165) is 5.56 Å². The van der Waals surface area contributed by atoms with Gasteiger partial charge in [-0.3, -0.25) is 14.4 Å². The van der Waals surface area contributed by atoms with Gasteiger partial charge in [-0.15, -0.1) is 0 Å². The number of hydrogen-bond donors (Lipinski definition) is 4. The molecule has 8 nitrogen and oxygen atoms in total. The van der Waals surface area contributed by atoms with E-state index in [1.807, 2.05) is 0 Å². The monoisotopic (exact) mass is 503 g/mol. The Bertz CT molecular complexity index is 1420. The smallest absolute Gasteiger partial charge is 0.256 e. The fourth-order valence-corrected chi connectivity index (χ4v) is 4.05. The average Bonchev–Trinajstić information content (AvgIpc) is 3.34. The maximum atomic E-state index is 13.7. The number of halogens is 1. The van der Waals surface area contributed by atoms with E-state index in [4.69, 9.17) is 9.84 Å². The van der Waals surface area contributed by atoms with Crippen molar-refractivity contribution in [3.05, 3.63) is 88.0 Å². The van der Waals surface area contributed by atoms with Gasteiger partial charge in [0, 0.05) is 22.6 Å². The molecule has 1 aliphatic heterocycles. The molecule has 0 spiro atoms. The second-order valence-corrected chi connectivity index (χ2v) is 8.50. The van der Waals surface area contributed by atoms with Gasteiger partial charge in [0.1, 0.15) is 24.8 Å². The van der Waals surface area contributed by atoms with Crippen LogP contribution in [0, 0.1) is 19.7 Å². The van der Waals surface area contributed by atoms with Gasteiger partial charge in [-0.25, -0.2) is 4.39 Å². The van der Waals surface area contributed by atoms with Crippen LogP contribution >= 0.6 is 0 Å². The van der Waals surface area contributed by atoms with E-state index in [1.165, 1.54) is 24.3 Å². The molecule has 3 aromatic rings. The van der Waals surface area contributed by atoms with Crippen molar-refractivity contribution in [2.75, 3.05) is 25.1 Å². The number of benzene rings is 2. The number of ketones is 1. The fraction of sp³-hybridized carbons (Fsp3) is 0.179. The third kappa shape index (κ3) is 5.84. The summed E-state index contributed by atoms with van der Waals surface area (Å²) < 4.78 is 19.4. The van der Waals surface area contributed by atoms with Gasteiger partial charge in [-0.2, -0.15) is 0 Å². The number of H-pyrrole nitrogens is 1. The number of hydrogen-bond acceptors (Lipinski definition) is 5. The molecule has 2 amide bonds. The summed E-state index contributed by atoms with van der Waals surface area (Å²) in [4.78, 5) is 39.6. The predicted molar refractivity (Wildman–Crippen MR) is 139 cm³/mol. The molecule has 0 atom stereocenters. The number of aromatic nitrogens is 1. The summed E-state index contributed by atoms with van der Waals surface area (Å²) in [6.45, 7) is 3.53. The van der Waals surface area contributed by atoms with E-state index in [2.05, 4.69) is 15.6 Å². The number of carbonyl (C=O) groups is 3. The first kappa shape index (κ1) is 25.6. The predicted octanol–water partition coefficient (Wildman–Crippen LogP) is 3.65. The average molecular weight is 504 g/mol. The Balaban J connectivity index is 1.37. The van der Waals surface area contributed by atoms with Crippen molar-refractivity contribution >= 4 is 41.0 Å². The lowest BCUT2D eigenvalue weighted by Crippen LogP contribution is -2.28. The third-order valence-corrected chi connectivity index (χ3v) is 5.91. The second-order valence-electron chi connectivity index (χ2n) is 8.50. The Morgan fingerprint density at radius 3 is 2.62 bits per heavy atom. The van der Waals surface area contributed by atoms with Crippen LogP contribution in [0.4, 0.5) is 10.1 Å². The van der Waals surface area contributed by atoms with Crippen LogP contribution in [0.2, 0.25) is 0 Å². The van der Waals surface area contributed by atoms with E-state index in [1.54, 1.807) is 50.3 Å². The number of carbonyl (C=O) groups excluding carboxylic acids is 3. The first-order valence-electron chi connectivity index (χ1n) is 11.6. The molecule has 0 unspecified atom stereocenters. The molecule has 0 radical (unpaired) electrons. The highest BCUT2D eigenvalue weighted by molar-refractivity contribution is 6.34. The van der Waals surface area contributed by atoms with Crippen LogP contribution in [0.15, 0.2) is 48.5 Å².